The first-order chi connectivity index (χ1) is 45.2. The highest BCUT2D eigenvalue weighted by Gasteiger charge is 2.51. The van der Waals surface area contributed by atoms with Crippen molar-refractivity contribution < 1.29 is 28.5 Å². The number of fused-ring (bicyclic) bond motifs is 2. The Morgan fingerprint density at radius 3 is 1.83 bits per heavy atom. The Bertz CT molecular complexity index is 4270. The number of aromatic nitrogens is 10. The molecule has 5 N–H and O–H groups in total. The quantitative estimate of drug-likeness (QED) is 0.0257. The molecule has 13 rings (SSSR count). The predicted octanol–water partition coefficient (Wildman–Crippen LogP) is 7.81. The first kappa shape index (κ1) is 66.1. The first-order valence-electron chi connectivity index (χ1n) is 31.2. The van der Waals surface area contributed by atoms with Crippen molar-refractivity contribution in [1.29, 1.82) is 5.26 Å². The van der Waals surface area contributed by atoms with Crippen LogP contribution in [0.4, 0.5) is 23.1 Å². The Morgan fingerprint density at radius 2 is 1.27 bits per heavy atom. The fraction of sp³-hybridized carbons (Fsp3) is 0.373. The van der Waals surface area contributed by atoms with Crippen molar-refractivity contribution in [2.24, 2.45) is 0 Å². The number of ketones is 1. The Hall–Kier alpha value is -9.39. The smallest absolute Gasteiger partial charge is 0.399 e. The summed E-state index contributed by atoms with van der Waals surface area (Å²) in [6, 6.07) is 24.0. The van der Waals surface area contributed by atoms with E-state index in [-0.39, 0.29) is 42.0 Å². The van der Waals surface area contributed by atoms with Crippen LogP contribution in [0.3, 0.4) is 0 Å². The number of anilines is 3. The van der Waals surface area contributed by atoms with Gasteiger partial charge in [-0.2, -0.15) is 15.5 Å². The van der Waals surface area contributed by atoms with Crippen molar-refractivity contribution in [2.45, 2.75) is 108 Å². The van der Waals surface area contributed by atoms with Crippen molar-refractivity contribution >= 4 is 104 Å². The normalized spacial score (nSPS) is 18.1. The molecule has 3 aliphatic heterocycles. The fourth-order valence-electron chi connectivity index (χ4n) is 11.4. The molecule has 27 heteroatoms. The highest BCUT2D eigenvalue weighted by molar-refractivity contribution is 14.1. The fourth-order valence-corrected chi connectivity index (χ4v) is 12.1. The third-order valence-corrected chi connectivity index (χ3v) is 18.6. The largest absolute Gasteiger partial charge is 0.494 e. The summed E-state index contributed by atoms with van der Waals surface area (Å²) in [6.45, 7) is 19.3. The van der Waals surface area contributed by atoms with E-state index in [0.717, 1.165) is 58.2 Å². The lowest BCUT2D eigenvalue weighted by molar-refractivity contribution is -0.125. The molecule has 3 amide bonds. The van der Waals surface area contributed by atoms with Crippen LogP contribution < -0.4 is 22.2 Å². The van der Waals surface area contributed by atoms with E-state index in [1.54, 1.807) is 72.9 Å². The molecule has 0 spiro atoms. The van der Waals surface area contributed by atoms with Crippen LogP contribution in [0.2, 0.25) is 0 Å². The lowest BCUT2D eigenvalue weighted by Crippen LogP contribution is -2.41. The van der Waals surface area contributed by atoms with Crippen LogP contribution in [0.5, 0.6) is 0 Å². The van der Waals surface area contributed by atoms with Crippen molar-refractivity contribution in [3.05, 3.63) is 160 Å². The standard InChI is InChI=1S/C30H30N10O2.C20H21BN2O3.C17H22IN7O/c1-32-21-11-13-33-24(16-21)36-30(42)20-7-5-19(6-8-20)27-26-28(31)34-18-35-29(26)40(37-27)23-12-15-39(17-23)25(41)4-3-14-38(2)22-9-10-22;1-19(2)20(3,4)26-21(25-19)16-7-5-15(6-8-16)18(24)12-17-11-14(13-22)9-10-23-17;1-23(11-4-5-11)7-2-3-13(26)24-8-6-12(9-24)25-17-14(15(18)22-25)16(19)20-10-21-17/h3-8,11,13,16,18,22-23H,9-10,12,14-15,17H2,2H3,(H2,31,34,35)(H,33,36,42);5-11H,12H2,1-4H3;2-3,10-12H,4-9H2,1H3,(H2,19,20,21)/b4-3+;;3-2+/t23-;;12-/m1.1/s1. The maximum atomic E-state index is 12.9. The van der Waals surface area contributed by atoms with E-state index < -0.39 is 18.3 Å². The van der Waals surface area contributed by atoms with Gasteiger partial charge < -0.3 is 35.9 Å². The maximum Gasteiger partial charge on any atom is 0.494 e. The lowest BCUT2D eigenvalue weighted by Gasteiger charge is -2.32. The molecule has 482 valence electrons. The molecule has 5 fully saturated rings. The van der Waals surface area contributed by atoms with Gasteiger partial charge in [0.05, 0.1) is 58.7 Å². The van der Waals surface area contributed by atoms with Crippen LogP contribution in [0.1, 0.15) is 110 Å². The Balaban J connectivity index is 0.000000151. The van der Waals surface area contributed by atoms with E-state index in [0.29, 0.717) is 94.0 Å². The number of carbonyl (C=O) groups excluding carboxylic acids is 4. The van der Waals surface area contributed by atoms with Crippen LogP contribution in [-0.2, 0) is 25.3 Å². The number of nitrogens with zero attached hydrogens (tertiary/aromatic N) is 16. The Kier molecular flexibility index (Phi) is 20.0. The van der Waals surface area contributed by atoms with Gasteiger partial charge in [-0.25, -0.2) is 39.1 Å². The zero-order valence-electron chi connectivity index (χ0n) is 53.3. The van der Waals surface area contributed by atoms with Crippen molar-refractivity contribution in [3.63, 3.8) is 0 Å². The Morgan fingerprint density at radius 1 is 0.723 bits per heavy atom. The van der Waals surface area contributed by atoms with Gasteiger partial charge in [-0.15, -0.1) is 0 Å². The maximum absolute atomic E-state index is 12.9. The second-order valence-corrected chi connectivity index (χ2v) is 26.1. The monoisotopic (exact) mass is 1380 g/mol. The number of hydrogen-bond acceptors (Lipinski definition) is 19. The molecule has 2 aromatic carbocycles. The van der Waals surface area contributed by atoms with E-state index in [1.165, 1.54) is 50.6 Å². The summed E-state index contributed by atoms with van der Waals surface area (Å²) >= 11 is 2.16. The molecular weight excluding hydrogens is 1300 g/mol. The van der Waals surface area contributed by atoms with Crippen LogP contribution in [0, 0.1) is 21.6 Å². The number of nitriles is 1. The van der Waals surface area contributed by atoms with Gasteiger partial charge in [0.1, 0.15) is 39.5 Å². The molecule has 2 aliphatic carbocycles. The number of hydrogen-bond donors (Lipinski definition) is 3. The van der Waals surface area contributed by atoms with E-state index in [4.69, 9.17) is 37.7 Å². The summed E-state index contributed by atoms with van der Waals surface area (Å²) in [7, 11) is 3.75. The molecule has 3 saturated heterocycles. The summed E-state index contributed by atoms with van der Waals surface area (Å²) in [5.74, 6) is 0.722. The van der Waals surface area contributed by atoms with Crippen molar-refractivity contribution in [3.8, 4) is 17.3 Å². The second kappa shape index (κ2) is 28.5. The van der Waals surface area contributed by atoms with Gasteiger partial charge in [-0.1, -0.05) is 48.6 Å². The van der Waals surface area contributed by atoms with Crippen LogP contribution in [0.25, 0.3) is 38.2 Å². The SMILES string of the molecule is CC1(C)OB(c2ccc(C(=O)Cc3cc(C#N)ccn3)cc2)OC1(C)C.CN(C/C=C/C(=O)N1CC[C@@H](n2nc(I)c3c(N)ncnc32)C1)C1CC1.[C-]#[N+]c1ccnc(NC(=O)c2ccc(-c3nn([C@@H]4CCN(C(=O)/C=C/CN(C)C5CC5)C4)c4ncnc(N)c34)cc2)c1. The molecule has 2 saturated carbocycles. The number of carbonyl (C=O) groups is 4. The molecule has 8 aromatic rings. The molecule has 94 heavy (non-hydrogen) atoms. The lowest BCUT2D eigenvalue weighted by atomic mass is 9.78. The number of nitrogens with one attached hydrogen (secondary N) is 1. The molecule has 0 bridgehead atoms. The minimum Gasteiger partial charge on any atom is -0.399 e. The Labute approximate surface area is 558 Å². The summed E-state index contributed by atoms with van der Waals surface area (Å²) in [5, 5.41) is 22.6. The number of pyridine rings is 2. The van der Waals surface area contributed by atoms with Crippen LogP contribution in [-0.4, -0.2) is 176 Å². The van der Waals surface area contributed by atoms with E-state index in [2.05, 4.69) is 97.7 Å². The van der Waals surface area contributed by atoms with Crippen LogP contribution in [0.15, 0.2) is 122 Å². The molecule has 5 aliphatic rings. The number of likely N-dealkylation sites (tertiary alicyclic amines) is 2. The number of likely N-dealkylation sites (N-methyl/N-ethyl adjacent to an activating group) is 2. The average Bonchev–Trinajstić information content (AvgIpc) is 1.66. The predicted molar refractivity (Wildman–Crippen MR) is 365 cm³/mol. The highest BCUT2D eigenvalue weighted by atomic mass is 127. The highest BCUT2D eigenvalue weighted by Crippen LogP contribution is 2.38. The summed E-state index contributed by atoms with van der Waals surface area (Å²) < 4.78 is 16.6. The van der Waals surface area contributed by atoms with Crippen LogP contribution >= 0.6 is 22.6 Å². The average molecular weight is 1380 g/mol. The van der Waals surface area contributed by atoms with Gasteiger partial charge in [0.25, 0.3) is 5.91 Å². The molecule has 25 nitrogen and oxygen atoms in total. The molecule has 0 radical (unpaired) electrons. The summed E-state index contributed by atoms with van der Waals surface area (Å²) in [4.78, 5) is 87.6. The zero-order valence-corrected chi connectivity index (χ0v) is 55.4. The van der Waals surface area contributed by atoms with Crippen molar-refractivity contribution in [1.82, 2.24) is 69.1 Å². The first-order valence-corrected chi connectivity index (χ1v) is 32.3. The van der Waals surface area contributed by atoms with Gasteiger partial charge in [-0.3, -0.25) is 34.0 Å². The van der Waals surface area contributed by atoms with E-state index in [1.807, 2.05) is 71.1 Å². The molecule has 0 unspecified atom stereocenters. The molecule has 6 aromatic heterocycles. The molecule has 9 heterocycles. The van der Waals surface area contributed by atoms with E-state index >= 15 is 0 Å². The number of Topliss-reactive ketones (excluding diaryl/α,β-unsaturated/α-hetero) is 1. The topological polar surface area (TPSA) is 305 Å². The number of rotatable bonds is 17. The van der Waals surface area contributed by atoms with Gasteiger partial charge >= 0.3 is 7.12 Å². The van der Waals surface area contributed by atoms with Gasteiger partial charge in [-0.05, 0) is 145 Å². The van der Waals surface area contributed by atoms with E-state index in [9.17, 15) is 19.2 Å². The molecular formula is C67H73BIN19O6. The number of amides is 3. The number of nitrogen functional groups attached to an aromatic ring is 2. The van der Waals surface area contributed by atoms with Gasteiger partial charge in [0.15, 0.2) is 22.8 Å². The summed E-state index contributed by atoms with van der Waals surface area (Å²) in [5.41, 5.74) is 17.5. The van der Waals surface area contributed by atoms with Gasteiger partial charge in [0.2, 0.25) is 11.8 Å². The minimum atomic E-state index is -0.446. The van der Waals surface area contributed by atoms with Crippen molar-refractivity contribution in [2.75, 3.05) is 70.1 Å². The molecule has 2 atom stereocenters. The number of nitrogens with two attached hydrogens (primary N) is 2. The zero-order chi connectivity index (χ0) is 66.4. The second-order valence-electron chi connectivity index (χ2n) is 25.0. The van der Waals surface area contributed by atoms with Gasteiger partial charge in [0, 0.05) is 98.3 Å². The number of halogens is 1. The number of benzene rings is 2. The summed E-state index contributed by atoms with van der Waals surface area (Å²) in [6.07, 6.45) is 19.9. The third-order valence-electron chi connectivity index (χ3n) is 17.9. The third kappa shape index (κ3) is 15.3. The minimum absolute atomic E-state index is 0.00241.